The maximum atomic E-state index is 12.6. The van der Waals surface area contributed by atoms with E-state index in [4.69, 9.17) is 10.8 Å². The minimum atomic E-state index is -0.496. The van der Waals surface area contributed by atoms with Crippen LogP contribution in [0.3, 0.4) is 0 Å². The van der Waals surface area contributed by atoms with Crippen molar-refractivity contribution in [1.82, 2.24) is 24.3 Å². The molecule has 11 nitrogen and oxygen atoms in total. The zero-order chi connectivity index (χ0) is 25.7. The Labute approximate surface area is 209 Å². The lowest BCUT2D eigenvalue weighted by Crippen LogP contribution is -2.52. The SMILES string of the molecule is C=C(CO)C(=O)N1CCN(C(=O)Nc2ccn(-c3ccc(CCN4CC[C@@H](N)C4)cc3)c(=O)n2)CC1. The summed E-state index contributed by atoms with van der Waals surface area (Å²) in [4.78, 5) is 46.8. The highest BCUT2D eigenvalue weighted by Crippen LogP contribution is 2.13. The van der Waals surface area contributed by atoms with Crippen LogP contribution in [0.25, 0.3) is 5.69 Å². The molecule has 2 aromatic rings. The van der Waals surface area contributed by atoms with Crippen LogP contribution >= 0.6 is 0 Å². The summed E-state index contributed by atoms with van der Waals surface area (Å²) in [5.74, 6) is -0.152. The molecule has 4 N–H and O–H groups in total. The summed E-state index contributed by atoms with van der Waals surface area (Å²) in [6.45, 7) is 7.42. The second-order valence-corrected chi connectivity index (χ2v) is 9.20. The van der Waals surface area contributed by atoms with Crippen molar-refractivity contribution < 1.29 is 14.7 Å². The Morgan fingerprint density at radius 1 is 1.08 bits per heavy atom. The average Bonchev–Trinajstić information content (AvgIpc) is 3.32. The number of nitrogens with one attached hydrogen (secondary N) is 1. The zero-order valence-electron chi connectivity index (χ0n) is 20.3. The second-order valence-electron chi connectivity index (χ2n) is 9.20. The van der Waals surface area contributed by atoms with Gasteiger partial charge in [-0.15, -0.1) is 0 Å². The minimum Gasteiger partial charge on any atom is -0.391 e. The van der Waals surface area contributed by atoms with E-state index in [9.17, 15) is 14.4 Å². The first kappa shape index (κ1) is 25.5. The van der Waals surface area contributed by atoms with Crippen molar-refractivity contribution in [1.29, 1.82) is 0 Å². The lowest BCUT2D eigenvalue weighted by Gasteiger charge is -2.34. The van der Waals surface area contributed by atoms with E-state index < -0.39 is 18.3 Å². The van der Waals surface area contributed by atoms with Crippen molar-refractivity contribution in [3.05, 3.63) is 64.7 Å². The molecule has 0 spiro atoms. The monoisotopic (exact) mass is 495 g/mol. The lowest BCUT2D eigenvalue weighted by molar-refractivity contribution is -0.128. The molecule has 192 valence electrons. The summed E-state index contributed by atoms with van der Waals surface area (Å²) in [5, 5.41) is 11.7. The van der Waals surface area contributed by atoms with E-state index in [2.05, 4.69) is 21.8 Å². The molecule has 1 aromatic carbocycles. The lowest BCUT2D eigenvalue weighted by atomic mass is 10.1. The molecule has 1 atom stereocenters. The van der Waals surface area contributed by atoms with E-state index in [1.165, 1.54) is 10.1 Å². The van der Waals surface area contributed by atoms with Crippen molar-refractivity contribution in [2.24, 2.45) is 5.73 Å². The van der Waals surface area contributed by atoms with Crippen molar-refractivity contribution >= 4 is 17.8 Å². The van der Waals surface area contributed by atoms with Gasteiger partial charge in [0, 0.05) is 57.1 Å². The van der Waals surface area contributed by atoms with Crippen molar-refractivity contribution in [3.8, 4) is 5.69 Å². The van der Waals surface area contributed by atoms with Crippen molar-refractivity contribution in [3.63, 3.8) is 0 Å². The number of piperazine rings is 1. The van der Waals surface area contributed by atoms with Crippen LogP contribution in [-0.4, -0.2) is 99.8 Å². The molecule has 3 heterocycles. The van der Waals surface area contributed by atoms with Crippen LogP contribution in [0.4, 0.5) is 10.6 Å². The highest BCUT2D eigenvalue weighted by Gasteiger charge is 2.25. The maximum absolute atomic E-state index is 12.6. The van der Waals surface area contributed by atoms with Gasteiger partial charge in [0.1, 0.15) is 5.82 Å². The first-order valence-electron chi connectivity index (χ1n) is 12.1. The first-order chi connectivity index (χ1) is 17.3. The maximum Gasteiger partial charge on any atom is 0.354 e. The van der Waals surface area contributed by atoms with Crippen molar-refractivity contribution in [2.75, 3.05) is 57.7 Å². The fourth-order valence-corrected chi connectivity index (χ4v) is 4.44. The molecule has 3 amide bonds. The van der Waals surface area contributed by atoms with Crippen LogP contribution in [0.1, 0.15) is 12.0 Å². The number of aliphatic hydroxyl groups is 1. The van der Waals surface area contributed by atoms with Crippen LogP contribution < -0.4 is 16.7 Å². The molecule has 0 unspecified atom stereocenters. The van der Waals surface area contributed by atoms with Gasteiger partial charge in [0.25, 0.3) is 5.91 Å². The number of nitrogens with two attached hydrogens (primary N) is 1. The smallest absolute Gasteiger partial charge is 0.354 e. The molecule has 36 heavy (non-hydrogen) atoms. The first-order valence-corrected chi connectivity index (χ1v) is 12.1. The number of aliphatic hydroxyl groups excluding tert-OH is 1. The fraction of sp³-hybridized carbons (Fsp3) is 0.440. The molecule has 4 rings (SSSR count). The van der Waals surface area contributed by atoms with Crippen molar-refractivity contribution in [2.45, 2.75) is 18.9 Å². The van der Waals surface area contributed by atoms with Crippen LogP contribution in [0.2, 0.25) is 0 Å². The molecule has 2 fully saturated rings. The number of amides is 3. The molecule has 0 aliphatic carbocycles. The molecule has 1 aromatic heterocycles. The van der Waals surface area contributed by atoms with Gasteiger partial charge in [-0.05, 0) is 43.1 Å². The van der Waals surface area contributed by atoms with Crippen LogP contribution in [0.15, 0.2) is 53.5 Å². The largest absolute Gasteiger partial charge is 0.391 e. The normalized spacial score (nSPS) is 18.3. The number of urea groups is 1. The molecular weight excluding hydrogens is 462 g/mol. The Kier molecular flexibility index (Phi) is 8.14. The minimum absolute atomic E-state index is 0.125. The second kappa shape index (κ2) is 11.5. The summed E-state index contributed by atoms with van der Waals surface area (Å²) in [5.41, 5.74) is 7.48. The summed E-state index contributed by atoms with van der Waals surface area (Å²) < 4.78 is 1.43. The van der Waals surface area contributed by atoms with E-state index in [1.807, 2.05) is 24.3 Å². The molecule has 2 saturated heterocycles. The van der Waals surface area contributed by atoms with Gasteiger partial charge >= 0.3 is 11.7 Å². The van der Waals surface area contributed by atoms with Gasteiger partial charge in [-0.1, -0.05) is 18.7 Å². The van der Waals surface area contributed by atoms with Gasteiger partial charge in [-0.25, -0.2) is 9.59 Å². The standard InChI is InChI=1S/C25H33N7O4/c1-18(17-33)23(34)30-12-14-31(15-13-30)24(35)27-22-8-11-32(25(36)28-22)21-4-2-19(3-5-21)6-9-29-10-7-20(26)16-29/h2-5,8,11,20,33H,1,6-7,9-10,12-17,26H2,(H,27,28,35,36)/t20-/m1/s1. The summed E-state index contributed by atoms with van der Waals surface area (Å²) in [6.07, 6.45) is 3.55. The van der Waals surface area contributed by atoms with Gasteiger partial charge in [-0.2, -0.15) is 4.98 Å². The van der Waals surface area contributed by atoms with Gasteiger partial charge in [-0.3, -0.25) is 14.7 Å². The summed E-state index contributed by atoms with van der Waals surface area (Å²) >= 11 is 0. The summed E-state index contributed by atoms with van der Waals surface area (Å²) in [6, 6.07) is 9.25. The van der Waals surface area contributed by atoms with E-state index in [0.29, 0.717) is 31.9 Å². The third-order valence-electron chi connectivity index (χ3n) is 6.63. The molecule has 2 aliphatic heterocycles. The third kappa shape index (κ3) is 6.17. The van der Waals surface area contributed by atoms with Crippen LogP contribution in [-0.2, 0) is 11.2 Å². The number of hydrogen-bond donors (Lipinski definition) is 3. The van der Waals surface area contributed by atoms with E-state index in [-0.39, 0.29) is 23.3 Å². The Balaban J connectivity index is 1.30. The van der Waals surface area contributed by atoms with E-state index in [1.54, 1.807) is 22.1 Å². The third-order valence-corrected chi connectivity index (χ3v) is 6.63. The Bertz CT molecular complexity index is 1160. The van der Waals surface area contributed by atoms with Gasteiger partial charge < -0.3 is 25.5 Å². The van der Waals surface area contributed by atoms with Gasteiger partial charge in [0.2, 0.25) is 0 Å². The quantitative estimate of drug-likeness (QED) is 0.461. The summed E-state index contributed by atoms with van der Waals surface area (Å²) in [7, 11) is 0. The average molecular weight is 496 g/mol. The number of carbonyl (C=O) groups is 2. The van der Waals surface area contributed by atoms with Gasteiger partial charge in [0.15, 0.2) is 0 Å². The molecular formula is C25H33N7O4. The van der Waals surface area contributed by atoms with Gasteiger partial charge in [0.05, 0.1) is 12.3 Å². The number of rotatable bonds is 7. The van der Waals surface area contributed by atoms with Crippen LogP contribution in [0, 0.1) is 0 Å². The Hall–Kier alpha value is -3.54. The van der Waals surface area contributed by atoms with E-state index in [0.717, 1.165) is 32.5 Å². The predicted molar refractivity (Wildman–Crippen MR) is 136 cm³/mol. The predicted octanol–water partition coefficient (Wildman–Crippen LogP) is 0.0326. The topological polar surface area (TPSA) is 137 Å². The number of aromatic nitrogens is 2. The molecule has 0 radical (unpaired) electrons. The van der Waals surface area contributed by atoms with E-state index >= 15 is 0 Å². The molecule has 2 aliphatic rings. The number of carbonyl (C=O) groups excluding carboxylic acids is 2. The Morgan fingerprint density at radius 2 is 1.78 bits per heavy atom. The van der Waals surface area contributed by atoms with Crippen LogP contribution in [0.5, 0.6) is 0 Å². The number of anilines is 1. The zero-order valence-corrected chi connectivity index (χ0v) is 20.3. The molecule has 11 heteroatoms. The highest BCUT2D eigenvalue weighted by molar-refractivity contribution is 5.93. The number of hydrogen-bond acceptors (Lipinski definition) is 7. The molecule has 0 saturated carbocycles. The highest BCUT2D eigenvalue weighted by atomic mass is 16.3. The molecule has 0 bridgehead atoms. The Morgan fingerprint density at radius 3 is 2.39 bits per heavy atom. The fourth-order valence-electron chi connectivity index (χ4n) is 4.44. The number of benzene rings is 1. The number of likely N-dealkylation sites (tertiary alicyclic amines) is 1. The number of nitrogens with zero attached hydrogens (tertiary/aromatic N) is 5.